The molecule has 0 bridgehead atoms. The van der Waals surface area contributed by atoms with E-state index in [4.69, 9.17) is 0 Å². The van der Waals surface area contributed by atoms with Crippen molar-refractivity contribution in [1.29, 1.82) is 0 Å². The highest BCUT2D eigenvalue weighted by molar-refractivity contribution is 6.40. The van der Waals surface area contributed by atoms with Crippen LogP contribution in [0, 0.1) is 23.7 Å². The van der Waals surface area contributed by atoms with Crippen molar-refractivity contribution in [2.24, 2.45) is 23.7 Å². The Labute approximate surface area is 441 Å². The number of carbonyl (C=O) groups excluding carboxylic acids is 4. The molecule has 2 fully saturated rings. The van der Waals surface area contributed by atoms with Crippen LogP contribution in [-0.4, -0.2) is 23.6 Å². The standard InChI is InChI=1S/C70H48N2O4/c73-67-63-59(49-35-17-5-18-36-49)55(45-27-9-1-10-28-45)56(46-29-11-2-12-30-46)60(50-37-19-6-20-38-50)64(63)68(74)71(67)53-43-25-26-44-54(53)72-69(75)65-61(51-39-21-7-22-40-51)57(47-31-13-3-14-32-47)58(48-33-15-4-16-34-48)62(66(65)70(72)76)52-41-23-8-24-42-52/h1-44,63-66H. The molecule has 362 valence electrons. The summed E-state index contributed by atoms with van der Waals surface area (Å²) in [6, 6.07) is 86.8. The van der Waals surface area contributed by atoms with Crippen LogP contribution in [0.1, 0.15) is 44.5 Å². The Morgan fingerprint density at radius 3 is 0.539 bits per heavy atom. The zero-order valence-corrected chi connectivity index (χ0v) is 41.2. The average Bonchev–Trinajstić information content (AvgIpc) is 4.03. The first kappa shape index (κ1) is 46.0. The third-order valence-corrected chi connectivity index (χ3v) is 15.4. The van der Waals surface area contributed by atoms with Gasteiger partial charge in [0, 0.05) is 0 Å². The molecule has 0 radical (unpaired) electrons. The van der Waals surface area contributed by atoms with Crippen LogP contribution in [-0.2, 0) is 19.2 Å². The van der Waals surface area contributed by atoms with E-state index in [0.717, 1.165) is 89.1 Å². The van der Waals surface area contributed by atoms with E-state index in [1.807, 2.05) is 194 Å². The highest BCUT2D eigenvalue weighted by Crippen LogP contribution is 2.60. The van der Waals surface area contributed by atoms with E-state index >= 15 is 19.2 Å². The number of amides is 4. The highest BCUT2D eigenvalue weighted by atomic mass is 16.2. The molecule has 13 rings (SSSR count). The minimum Gasteiger partial charge on any atom is -0.273 e. The van der Waals surface area contributed by atoms with Gasteiger partial charge in [-0.2, -0.15) is 0 Å². The second-order valence-corrected chi connectivity index (χ2v) is 19.5. The molecule has 0 N–H and O–H groups in total. The summed E-state index contributed by atoms with van der Waals surface area (Å²) in [6.07, 6.45) is 0. The Bertz CT molecular complexity index is 3380. The van der Waals surface area contributed by atoms with E-state index in [-0.39, 0.29) is 11.4 Å². The van der Waals surface area contributed by atoms with Gasteiger partial charge in [-0.05, 0) is 101 Å². The van der Waals surface area contributed by atoms with E-state index in [9.17, 15) is 0 Å². The molecule has 0 saturated carbocycles. The van der Waals surface area contributed by atoms with Crippen LogP contribution >= 0.6 is 0 Å². The second-order valence-electron chi connectivity index (χ2n) is 19.5. The fourth-order valence-electron chi connectivity index (χ4n) is 12.4. The first-order valence-corrected chi connectivity index (χ1v) is 25.7. The van der Waals surface area contributed by atoms with Crippen molar-refractivity contribution in [1.82, 2.24) is 0 Å². The van der Waals surface area contributed by atoms with Crippen molar-refractivity contribution in [2.75, 3.05) is 9.80 Å². The van der Waals surface area contributed by atoms with Gasteiger partial charge in [-0.25, -0.2) is 9.80 Å². The molecule has 2 heterocycles. The maximum Gasteiger partial charge on any atom is 0.242 e. The molecule has 2 saturated heterocycles. The smallest absolute Gasteiger partial charge is 0.242 e. The minimum absolute atomic E-state index is 0.164. The molecule has 4 amide bonds. The first-order chi connectivity index (χ1) is 37.5. The quantitative estimate of drug-likeness (QED) is 0.128. The number of benzene rings is 9. The Morgan fingerprint density at radius 2 is 0.355 bits per heavy atom. The normalized spacial score (nSPS) is 19.4. The maximum atomic E-state index is 16.2. The van der Waals surface area contributed by atoms with Crippen molar-refractivity contribution in [3.8, 4) is 0 Å². The Morgan fingerprint density at radius 1 is 0.197 bits per heavy atom. The summed E-state index contributed by atoms with van der Waals surface area (Å²) in [5, 5.41) is 0. The summed E-state index contributed by atoms with van der Waals surface area (Å²) in [5.74, 6) is -5.74. The van der Waals surface area contributed by atoms with Gasteiger partial charge >= 0.3 is 0 Å². The number of para-hydroxylation sites is 2. The van der Waals surface area contributed by atoms with Gasteiger partial charge in [0.25, 0.3) is 0 Å². The minimum atomic E-state index is -0.990. The molecule has 6 nitrogen and oxygen atoms in total. The van der Waals surface area contributed by atoms with Crippen LogP contribution in [0.25, 0.3) is 44.6 Å². The summed E-state index contributed by atoms with van der Waals surface area (Å²) in [5.41, 5.74) is 13.5. The molecule has 9 aromatic carbocycles. The van der Waals surface area contributed by atoms with Crippen molar-refractivity contribution >= 4 is 79.6 Å². The Balaban J connectivity index is 1.05. The number of fused-ring (bicyclic) bond motifs is 2. The molecule has 0 spiro atoms. The SMILES string of the molecule is O=C1C2C(c3ccccc3)=C(c3ccccc3)C(c3ccccc3)=C(c3ccccc3)C2C(=O)N1c1ccccc1N1C(=O)C2C(c3ccccc3)=C(c3ccccc3)C(c3ccccc3)=C(c3ccccc3)C2C1=O. The number of nitrogens with zero attached hydrogens (tertiary/aromatic N) is 2. The van der Waals surface area contributed by atoms with Crippen molar-refractivity contribution < 1.29 is 19.2 Å². The van der Waals surface area contributed by atoms with Gasteiger partial charge in [0.1, 0.15) is 0 Å². The van der Waals surface area contributed by atoms with Gasteiger partial charge in [0.05, 0.1) is 35.0 Å². The molecule has 2 aliphatic heterocycles. The molecule has 4 aliphatic rings. The van der Waals surface area contributed by atoms with Gasteiger partial charge in [-0.3, -0.25) is 19.2 Å². The third kappa shape index (κ3) is 7.48. The summed E-state index contributed by atoms with van der Waals surface area (Å²) in [4.78, 5) is 67.5. The predicted molar refractivity (Wildman–Crippen MR) is 304 cm³/mol. The topological polar surface area (TPSA) is 74.8 Å². The molecule has 4 unspecified atom stereocenters. The predicted octanol–water partition coefficient (Wildman–Crippen LogP) is 14.4. The van der Waals surface area contributed by atoms with E-state index in [2.05, 4.69) is 48.5 Å². The summed E-state index contributed by atoms with van der Waals surface area (Å²) in [7, 11) is 0. The highest BCUT2D eigenvalue weighted by Gasteiger charge is 2.59. The lowest BCUT2D eigenvalue weighted by Gasteiger charge is -2.34. The summed E-state index contributed by atoms with van der Waals surface area (Å²) >= 11 is 0. The van der Waals surface area contributed by atoms with Gasteiger partial charge in [-0.15, -0.1) is 0 Å². The zero-order chi connectivity index (χ0) is 51.3. The fourth-order valence-corrected chi connectivity index (χ4v) is 12.4. The molecular weight excluding hydrogens is 933 g/mol. The van der Waals surface area contributed by atoms with Crippen LogP contribution < -0.4 is 9.80 Å². The fraction of sp³-hybridized carbons (Fsp3) is 0.0571. The number of imide groups is 2. The Hall–Kier alpha value is -9.78. The number of anilines is 2. The van der Waals surface area contributed by atoms with Gasteiger partial charge < -0.3 is 0 Å². The number of hydrogen-bond acceptors (Lipinski definition) is 4. The Kier molecular flexibility index (Phi) is 11.7. The van der Waals surface area contributed by atoms with Gasteiger partial charge in [0.15, 0.2) is 0 Å². The van der Waals surface area contributed by atoms with E-state index in [1.165, 1.54) is 9.80 Å². The van der Waals surface area contributed by atoms with Crippen molar-refractivity contribution in [2.45, 2.75) is 0 Å². The monoisotopic (exact) mass is 980 g/mol. The lowest BCUT2D eigenvalue weighted by Crippen LogP contribution is -2.36. The lowest BCUT2D eigenvalue weighted by molar-refractivity contribution is -0.124. The summed E-state index contributed by atoms with van der Waals surface area (Å²) in [6.45, 7) is 0. The number of carbonyl (C=O) groups is 4. The van der Waals surface area contributed by atoms with E-state index in [1.54, 1.807) is 24.3 Å². The second kappa shape index (κ2) is 19.2. The van der Waals surface area contributed by atoms with Crippen LogP contribution in [0.3, 0.4) is 0 Å². The van der Waals surface area contributed by atoms with Crippen LogP contribution in [0.4, 0.5) is 11.4 Å². The van der Waals surface area contributed by atoms with Crippen LogP contribution in [0.2, 0.25) is 0 Å². The molecule has 0 aromatic heterocycles. The molecule has 76 heavy (non-hydrogen) atoms. The van der Waals surface area contributed by atoms with E-state index in [0.29, 0.717) is 0 Å². The summed E-state index contributed by atoms with van der Waals surface area (Å²) < 4.78 is 0. The third-order valence-electron chi connectivity index (χ3n) is 15.4. The van der Waals surface area contributed by atoms with Gasteiger partial charge in [-0.1, -0.05) is 255 Å². The van der Waals surface area contributed by atoms with Gasteiger partial charge in [0.2, 0.25) is 23.6 Å². The zero-order valence-electron chi connectivity index (χ0n) is 41.2. The molecule has 9 aromatic rings. The molecule has 4 atom stereocenters. The van der Waals surface area contributed by atoms with Crippen LogP contribution in [0.5, 0.6) is 0 Å². The maximum absolute atomic E-state index is 16.2. The lowest BCUT2D eigenvalue weighted by atomic mass is 9.66. The van der Waals surface area contributed by atoms with Crippen molar-refractivity contribution in [3.05, 3.63) is 311 Å². The molecule has 6 heteroatoms. The first-order valence-electron chi connectivity index (χ1n) is 25.7. The van der Waals surface area contributed by atoms with Crippen LogP contribution in [0.15, 0.2) is 267 Å². The van der Waals surface area contributed by atoms with E-state index < -0.39 is 47.3 Å². The van der Waals surface area contributed by atoms with Crippen molar-refractivity contribution in [3.63, 3.8) is 0 Å². The number of allylic oxidation sites excluding steroid dienone is 4. The molecular formula is C70H48N2O4. The largest absolute Gasteiger partial charge is 0.273 e. The molecule has 2 aliphatic carbocycles. The number of rotatable bonds is 10. The average molecular weight is 981 g/mol. The number of hydrogen-bond donors (Lipinski definition) is 0.